The minimum absolute atomic E-state index is 0.252. The van der Waals surface area contributed by atoms with E-state index in [1.165, 1.54) is 0 Å². The van der Waals surface area contributed by atoms with Crippen molar-refractivity contribution in [2.75, 3.05) is 12.0 Å². The quantitative estimate of drug-likeness (QED) is 0.886. The van der Waals surface area contributed by atoms with E-state index in [0.29, 0.717) is 17.6 Å². The third-order valence-electron chi connectivity index (χ3n) is 3.23. The lowest BCUT2D eigenvalue weighted by Gasteiger charge is -2.15. The molecule has 0 amide bonds. The predicted octanol–water partition coefficient (Wildman–Crippen LogP) is 2.28. The number of hydrogen-bond acceptors (Lipinski definition) is 3. The van der Waals surface area contributed by atoms with Crippen LogP contribution in [0.15, 0.2) is 47.4 Å². The van der Waals surface area contributed by atoms with Gasteiger partial charge in [-0.1, -0.05) is 36.4 Å². The van der Waals surface area contributed by atoms with Gasteiger partial charge in [-0.2, -0.15) is 0 Å². The van der Waals surface area contributed by atoms with Crippen molar-refractivity contribution in [3.8, 4) is 0 Å². The average molecular weight is 325 g/mol. The molecule has 0 saturated carbocycles. The number of hydrogen-bond donors (Lipinski definition) is 1. The van der Waals surface area contributed by atoms with E-state index in [2.05, 4.69) is 4.72 Å². The molecule has 2 aromatic carbocycles. The minimum Gasteiger partial charge on any atom is -0.260 e. The molecule has 1 N–H and O–H groups in total. The standard InChI is InChI=1S/C15H19NO3S2/c1-12(10-11-20(2)17)16-21(18,19)15-9-5-7-13-6-3-4-8-14(13)15/h3-9,12,16H,10-11H2,1-2H3. The fourth-order valence-electron chi connectivity index (χ4n) is 2.16. The van der Waals surface area contributed by atoms with Crippen molar-refractivity contribution in [2.24, 2.45) is 0 Å². The SMILES string of the molecule is CC(CCS(C)=O)NS(=O)(=O)c1cccc2ccccc12. The highest BCUT2D eigenvalue weighted by Gasteiger charge is 2.19. The van der Waals surface area contributed by atoms with E-state index in [9.17, 15) is 12.6 Å². The normalized spacial score (nSPS) is 15.0. The van der Waals surface area contributed by atoms with Gasteiger partial charge >= 0.3 is 0 Å². The summed E-state index contributed by atoms with van der Waals surface area (Å²) in [6, 6.07) is 12.4. The Labute approximate surface area is 128 Å². The van der Waals surface area contributed by atoms with E-state index in [0.717, 1.165) is 5.39 Å². The van der Waals surface area contributed by atoms with Crippen LogP contribution in [-0.4, -0.2) is 30.7 Å². The van der Waals surface area contributed by atoms with E-state index >= 15 is 0 Å². The van der Waals surface area contributed by atoms with Crippen LogP contribution in [0.2, 0.25) is 0 Å². The molecule has 2 rings (SSSR count). The highest BCUT2D eigenvalue weighted by atomic mass is 32.2. The topological polar surface area (TPSA) is 63.2 Å². The van der Waals surface area contributed by atoms with Gasteiger partial charge in [0.2, 0.25) is 10.0 Å². The number of fused-ring (bicyclic) bond motifs is 1. The van der Waals surface area contributed by atoms with Crippen LogP contribution < -0.4 is 4.72 Å². The monoisotopic (exact) mass is 325 g/mol. The lowest BCUT2D eigenvalue weighted by molar-refractivity contribution is 0.556. The van der Waals surface area contributed by atoms with Crippen molar-refractivity contribution in [1.29, 1.82) is 0 Å². The smallest absolute Gasteiger partial charge is 0.241 e. The second kappa shape index (κ2) is 6.68. The third-order valence-corrected chi connectivity index (χ3v) is 5.69. The highest BCUT2D eigenvalue weighted by molar-refractivity contribution is 7.89. The molecule has 6 heteroatoms. The Balaban J connectivity index is 2.28. The second-order valence-electron chi connectivity index (χ2n) is 5.07. The summed E-state index contributed by atoms with van der Waals surface area (Å²) in [6.07, 6.45) is 2.17. The summed E-state index contributed by atoms with van der Waals surface area (Å²) >= 11 is 0. The second-order valence-corrected chi connectivity index (χ2v) is 8.30. The van der Waals surface area contributed by atoms with Crippen molar-refractivity contribution in [1.82, 2.24) is 4.72 Å². The third kappa shape index (κ3) is 4.12. The summed E-state index contributed by atoms with van der Waals surface area (Å²) < 4.78 is 38.8. The average Bonchev–Trinajstić information content (AvgIpc) is 2.44. The molecule has 0 radical (unpaired) electrons. The Kier molecular flexibility index (Phi) is 5.13. The van der Waals surface area contributed by atoms with Crippen LogP contribution in [0.4, 0.5) is 0 Å². The first-order valence-electron chi connectivity index (χ1n) is 6.70. The molecule has 0 heterocycles. The van der Waals surface area contributed by atoms with Gasteiger partial charge in [0.25, 0.3) is 0 Å². The Bertz CT molecular complexity index is 751. The van der Waals surface area contributed by atoms with Crippen molar-refractivity contribution < 1.29 is 12.6 Å². The molecule has 0 aromatic heterocycles. The zero-order chi connectivity index (χ0) is 15.5. The van der Waals surface area contributed by atoms with E-state index in [1.807, 2.05) is 24.3 Å². The molecule has 21 heavy (non-hydrogen) atoms. The summed E-state index contributed by atoms with van der Waals surface area (Å²) in [5.74, 6) is 0.485. The maximum absolute atomic E-state index is 12.5. The predicted molar refractivity (Wildman–Crippen MR) is 87.3 cm³/mol. The van der Waals surface area contributed by atoms with Gasteiger partial charge in [-0.3, -0.25) is 4.21 Å². The van der Waals surface area contributed by atoms with E-state index in [4.69, 9.17) is 0 Å². The molecular weight excluding hydrogens is 306 g/mol. The highest BCUT2D eigenvalue weighted by Crippen LogP contribution is 2.22. The largest absolute Gasteiger partial charge is 0.260 e. The summed E-state index contributed by atoms with van der Waals surface area (Å²) in [5.41, 5.74) is 0. The van der Waals surface area contributed by atoms with Gasteiger partial charge in [-0.15, -0.1) is 0 Å². The number of nitrogens with one attached hydrogen (secondary N) is 1. The molecule has 0 spiro atoms. The van der Waals surface area contributed by atoms with E-state index in [-0.39, 0.29) is 10.9 Å². The molecule has 0 aliphatic heterocycles. The Morgan fingerprint density at radius 2 is 1.81 bits per heavy atom. The molecule has 2 aromatic rings. The molecule has 4 nitrogen and oxygen atoms in total. The molecule has 0 aliphatic rings. The van der Waals surface area contributed by atoms with Gasteiger partial charge in [0, 0.05) is 34.2 Å². The van der Waals surface area contributed by atoms with Gasteiger partial charge in [0.15, 0.2) is 0 Å². The van der Waals surface area contributed by atoms with Crippen LogP contribution >= 0.6 is 0 Å². The van der Waals surface area contributed by atoms with Crippen LogP contribution in [0, 0.1) is 0 Å². The first-order chi connectivity index (χ1) is 9.90. The summed E-state index contributed by atoms with van der Waals surface area (Å²) in [5, 5.41) is 1.60. The first-order valence-corrected chi connectivity index (χ1v) is 9.91. The van der Waals surface area contributed by atoms with Crippen LogP contribution in [0.5, 0.6) is 0 Å². The maximum atomic E-state index is 12.5. The maximum Gasteiger partial charge on any atom is 0.241 e. The van der Waals surface area contributed by atoms with E-state index in [1.54, 1.807) is 31.4 Å². The fourth-order valence-corrected chi connectivity index (χ4v) is 4.35. The van der Waals surface area contributed by atoms with Crippen molar-refractivity contribution in [2.45, 2.75) is 24.3 Å². The molecule has 0 aliphatic carbocycles. The molecule has 0 fully saturated rings. The van der Waals surface area contributed by atoms with Crippen LogP contribution in [0.1, 0.15) is 13.3 Å². The van der Waals surface area contributed by atoms with Crippen LogP contribution in [0.3, 0.4) is 0 Å². The molecule has 114 valence electrons. The van der Waals surface area contributed by atoms with Gasteiger partial charge in [0.05, 0.1) is 4.90 Å². The van der Waals surface area contributed by atoms with Crippen molar-refractivity contribution in [3.05, 3.63) is 42.5 Å². The van der Waals surface area contributed by atoms with Gasteiger partial charge < -0.3 is 0 Å². The van der Waals surface area contributed by atoms with E-state index < -0.39 is 20.8 Å². The molecular formula is C15H19NO3S2. The lowest BCUT2D eigenvalue weighted by atomic mass is 10.1. The lowest BCUT2D eigenvalue weighted by Crippen LogP contribution is -2.33. The Morgan fingerprint density at radius 1 is 1.14 bits per heavy atom. The molecule has 0 saturated heterocycles. The van der Waals surface area contributed by atoms with Crippen LogP contribution in [0.25, 0.3) is 10.8 Å². The Hall–Kier alpha value is -1.24. The zero-order valence-electron chi connectivity index (χ0n) is 12.1. The van der Waals surface area contributed by atoms with Crippen molar-refractivity contribution >= 4 is 31.6 Å². The summed E-state index contributed by atoms with van der Waals surface area (Å²) in [6.45, 7) is 1.79. The summed E-state index contributed by atoms with van der Waals surface area (Å²) in [4.78, 5) is 0.282. The van der Waals surface area contributed by atoms with Crippen LogP contribution in [-0.2, 0) is 20.8 Å². The fraction of sp³-hybridized carbons (Fsp3) is 0.333. The van der Waals surface area contributed by atoms with Gasteiger partial charge in [0.1, 0.15) is 0 Å². The summed E-state index contributed by atoms with van der Waals surface area (Å²) in [7, 11) is -4.50. The van der Waals surface area contributed by atoms with Gasteiger partial charge in [-0.05, 0) is 24.8 Å². The number of rotatable bonds is 6. The Morgan fingerprint density at radius 3 is 2.52 bits per heavy atom. The number of benzene rings is 2. The van der Waals surface area contributed by atoms with Gasteiger partial charge in [-0.25, -0.2) is 13.1 Å². The molecule has 2 atom stereocenters. The number of sulfonamides is 1. The first kappa shape index (κ1) is 16.1. The van der Waals surface area contributed by atoms with Crippen molar-refractivity contribution in [3.63, 3.8) is 0 Å². The minimum atomic E-state index is -3.58. The molecule has 0 bridgehead atoms. The zero-order valence-corrected chi connectivity index (χ0v) is 13.7. The molecule has 2 unspecified atom stereocenters.